The lowest BCUT2D eigenvalue weighted by molar-refractivity contribution is 0.0720. The molecule has 1 aromatic heterocycles. The van der Waals surface area contributed by atoms with Crippen molar-refractivity contribution in [2.24, 2.45) is 0 Å². The van der Waals surface area contributed by atoms with Crippen molar-refractivity contribution in [1.82, 2.24) is 15.0 Å². The first kappa shape index (κ1) is 13.4. The third kappa shape index (κ3) is 3.23. The number of rotatable bonds is 3. The zero-order valence-corrected chi connectivity index (χ0v) is 11.3. The first-order chi connectivity index (χ1) is 8.70. The Hall–Kier alpha value is -1.07. The molecule has 0 atom stereocenters. The van der Waals surface area contributed by atoms with Gasteiger partial charge in [0.1, 0.15) is 0 Å². The predicted octanol–water partition coefficient (Wildman–Crippen LogP) is 1.37. The summed E-state index contributed by atoms with van der Waals surface area (Å²) in [6, 6.07) is 1.68. The average Bonchev–Trinajstić information content (AvgIpc) is 2.65. The number of aryl methyl sites for hydroxylation is 1. The van der Waals surface area contributed by atoms with Crippen molar-refractivity contribution >= 4 is 17.5 Å². The maximum Gasteiger partial charge on any atom is 0.292 e. The second kappa shape index (κ2) is 6.20. The van der Waals surface area contributed by atoms with Crippen molar-refractivity contribution in [3.63, 3.8) is 0 Å². The Morgan fingerprint density at radius 1 is 1.44 bits per heavy atom. The number of hydrogen-bond acceptors (Lipinski definition) is 4. The van der Waals surface area contributed by atoms with Gasteiger partial charge in [0.25, 0.3) is 5.91 Å². The average molecular weight is 272 g/mol. The molecule has 0 saturated carbocycles. The SMILES string of the molecule is Cc1cc(C(=O)N2CCCN(CCCl)CC2)on1. The molecule has 1 aliphatic rings. The van der Waals surface area contributed by atoms with E-state index >= 15 is 0 Å². The lowest BCUT2D eigenvalue weighted by Gasteiger charge is -2.20. The fourth-order valence-corrected chi connectivity index (χ4v) is 2.38. The monoisotopic (exact) mass is 271 g/mol. The molecule has 1 aliphatic heterocycles. The zero-order valence-electron chi connectivity index (χ0n) is 10.6. The molecule has 0 spiro atoms. The molecule has 0 unspecified atom stereocenters. The second-order valence-corrected chi connectivity index (χ2v) is 4.89. The Morgan fingerprint density at radius 2 is 2.28 bits per heavy atom. The van der Waals surface area contributed by atoms with Crippen LogP contribution < -0.4 is 0 Å². The summed E-state index contributed by atoms with van der Waals surface area (Å²) in [5.74, 6) is 0.900. The van der Waals surface area contributed by atoms with Gasteiger partial charge in [0, 0.05) is 38.1 Å². The first-order valence-electron chi connectivity index (χ1n) is 6.21. The van der Waals surface area contributed by atoms with E-state index in [9.17, 15) is 4.79 Å². The Balaban J connectivity index is 1.95. The molecule has 18 heavy (non-hydrogen) atoms. The molecule has 0 N–H and O–H groups in total. The van der Waals surface area contributed by atoms with Gasteiger partial charge in [0.2, 0.25) is 5.76 Å². The van der Waals surface area contributed by atoms with E-state index in [-0.39, 0.29) is 5.91 Å². The van der Waals surface area contributed by atoms with E-state index in [1.807, 2.05) is 11.8 Å². The molecule has 0 radical (unpaired) electrons. The summed E-state index contributed by atoms with van der Waals surface area (Å²) in [5.41, 5.74) is 0.733. The van der Waals surface area contributed by atoms with Gasteiger partial charge in [-0.3, -0.25) is 4.79 Å². The number of alkyl halides is 1. The summed E-state index contributed by atoms with van der Waals surface area (Å²) in [5, 5.41) is 3.75. The van der Waals surface area contributed by atoms with Gasteiger partial charge in [0.05, 0.1) is 5.69 Å². The molecule has 2 heterocycles. The fraction of sp³-hybridized carbons (Fsp3) is 0.667. The van der Waals surface area contributed by atoms with Gasteiger partial charge >= 0.3 is 0 Å². The molecule has 0 aromatic carbocycles. The largest absolute Gasteiger partial charge is 0.351 e. The van der Waals surface area contributed by atoms with Gasteiger partial charge < -0.3 is 14.3 Å². The van der Waals surface area contributed by atoms with E-state index in [0.29, 0.717) is 11.6 Å². The van der Waals surface area contributed by atoms with Crippen molar-refractivity contribution < 1.29 is 9.32 Å². The topological polar surface area (TPSA) is 49.6 Å². The zero-order chi connectivity index (χ0) is 13.0. The molecular weight excluding hydrogens is 254 g/mol. The number of aromatic nitrogens is 1. The number of carbonyl (C=O) groups excluding carboxylic acids is 1. The summed E-state index contributed by atoms with van der Waals surface area (Å²) in [7, 11) is 0. The first-order valence-corrected chi connectivity index (χ1v) is 6.75. The maximum atomic E-state index is 12.2. The van der Waals surface area contributed by atoms with Gasteiger partial charge in [-0.2, -0.15) is 0 Å². The number of hydrogen-bond donors (Lipinski definition) is 0. The minimum Gasteiger partial charge on any atom is -0.351 e. The molecule has 100 valence electrons. The van der Waals surface area contributed by atoms with Gasteiger partial charge in [-0.15, -0.1) is 11.6 Å². The van der Waals surface area contributed by atoms with Crippen LogP contribution >= 0.6 is 11.6 Å². The van der Waals surface area contributed by atoms with E-state index in [1.165, 1.54) is 0 Å². The molecule has 1 saturated heterocycles. The van der Waals surface area contributed by atoms with E-state index < -0.39 is 0 Å². The third-order valence-corrected chi connectivity index (χ3v) is 3.28. The molecular formula is C12H18ClN3O2. The van der Waals surface area contributed by atoms with Crippen LogP contribution in [0.5, 0.6) is 0 Å². The minimum atomic E-state index is -0.0664. The highest BCUT2D eigenvalue weighted by molar-refractivity contribution is 6.18. The Kier molecular flexibility index (Phi) is 4.60. The molecule has 0 bridgehead atoms. The van der Waals surface area contributed by atoms with Gasteiger partial charge in [-0.05, 0) is 19.9 Å². The molecule has 5 nitrogen and oxygen atoms in total. The number of amides is 1. The quantitative estimate of drug-likeness (QED) is 0.779. The number of carbonyl (C=O) groups is 1. The summed E-state index contributed by atoms with van der Waals surface area (Å²) in [6.07, 6.45) is 0.968. The van der Waals surface area contributed by atoms with Crippen LogP contribution in [-0.2, 0) is 0 Å². The minimum absolute atomic E-state index is 0.0664. The van der Waals surface area contributed by atoms with Crippen molar-refractivity contribution in [2.75, 3.05) is 38.6 Å². The van der Waals surface area contributed by atoms with Crippen molar-refractivity contribution in [3.05, 3.63) is 17.5 Å². The summed E-state index contributed by atoms with van der Waals surface area (Å²) in [6.45, 7) is 6.03. The molecule has 6 heteroatoms. The molecule has 1 aromatic rings. The number of halogens is 1. The predicted molar refractivity (Wildman–Crippen MR) is 68.9 cm³/mol. The van der Waals surface area contributed by atoms with Crippen molar-refractivity contribution in [2.45, 2.75) is 13.3 Å². The highest BCUT2D eigenvalue weighted by Gasteiger charge is 2.22. The van der Waals surface area contributed by atoms with Crippen LogP contribution in [0.3, 0.4) is 0 Å². The van der Waals surface area contributed by atoms with Crippen LogP contribution in [0.1, 0.15) is 22.7 Å². The van der Waals surface area contributed by atoms with Gasteiger partial charge in [-0.25, -0.2) is 0 Å². The third-order valence-electron chi connectivity index (χ3n) is 3.12. The smallest absolute Gasteiger partial charge is 0.292 e. The summed E-state index contributed by atoms with van der Waals surface area (Å²) in [4.78, 5) is 16.3. The van der Waals surface area contributed by atoms with Gasteiger partial charge in [-0.1, -0.05) is 5.16 Å². The normalized spacial score (nSPS) is 17.8. The van der Waals surface area contributed by atoms with Crippen molar-refractivity contribution in [3.8, 4) is 0 Å². The fourth-order valence-electron chi connectivity index (χ4n) is 2.14. The van der Waals surface area contributed by atoms with E-state index in [2.05, 4.69) is 10.1 Å². The van der Waals surface area contributed by atoms with Crippen molar-refractivity contribution in [1.29, 1.82) is 0 Å². The van der Waals surface area contributed by atoms with Crippen LogP contribution in [0, 0.1) is 6.92 Å². The van der Waals surface area contributed by atoms with Crippen LogP contribution in [-0.4, -0.2) is 59.5 Å². The van der Waals surface area contributed by atoms with E-state index in [1.54, 1.807) is 6.07 Å². The Bertz CT molecular complexity index is 408. The van der Waals surface area contributed by atoms with Crippen LogP contribution in [0.15, 0.2) is 10.6 Å². The molecule has 0 aliphatic carbocycles. The standard InChI is InChI=1S/C12H18ClN3O2/c1-10-9-11(18-14-10)12(17)16-5-2-4-15(6-3-13)7-8-16/h9H,2-8H2,1H3. The van der Waals surface area contributed by atoms with Gasteiger partial charge in [0.15, 0.2) is 0 Å². The van der Waals surface area contributed by atoms with Crippen LogP contribution in [0.4, 0.5) is 0 Å². The summed E-state index contributed by atoms with van der Waals surface area (Å²) < 4.78 is 5.02. The van der Waals surface area contributed by atoms with Crippen LogP contribution in [0.25, 0.3) is 0 Å². The van der Waals surface area contributed by atoms with Crippen LogP contribution in [0.2, 0.25) is 0 Å². The highest BCUT2D eigenvalue weighted by atomic mass is 35.5. The number of nitrogens with zero attached hydrogens (tertiary/aromatic N) is 3. The molecule has 1 amide bonds. The van der Waals surface area contributed by atoms with E-state index in [0.717, 1.165) is 44.8 Å². The molecule has 1 fully saturated rings. The second-order valence-electron chi connectivity index (χ2n) is 4.51. The summed E-state index contributed by atoms with van der Waals surface area (Å²) >= 11 is 5.74. The van der Waals surface area contributed by atoms with E-state index in [4.69, 9.17) is 16.1 Å². The maximum absolute atomic E-state index is 12.2. The highest BCUT2D eigenvalue weighted by Crippen LogP contribution is 2.10. The lowest BCUT2D eigenvalue weighted by atomic mass is 10.3. The molecule has 2 rings (SSSR count). The Labute approximate surface area is 112 Å². The Morgan fingerprint density at radius 3 is 2.94 bits per heavy atom. The lowest BCUT2D eigenvalue weighted by Crippen LogP contribution is -2.35.